The summed E-state index contributed by atoms with van der Waals surface area (Å²) < 4.78 is 109. The molecule has 8 heterocycles. The van der Waals surface area contributed by atoms with Gasteiger partial charge in [0.25, 0.3) is 0 Å². The number of aliphatic hydroxyl groups excluding tert-OH is 20. The highest BCUT2D eigenvalue weighted by Gasteiger charge is 2.73. The van der Waals surface area contributed by atoms with Crippen molar-refractivity contribution >= 4 is 17.9 Å². The third kappa shape index (κ3) is 22.1. The zero-order valence-electron chi connectivity index (χ0n) is 79.5. The Hall–Kier alpha value is -4.37. The Kier molecular flexibility index (Phi) is 34.8. The molecule has 8 aliphatic heterocycles. The normalized spacial score (nSPS) is 48.3. The Morgan fingerprint density at radius 3 is 1.55 bits per heavy atom. The van der Waals surface area contributed by atoms with Crippen LogP contribution in [0.15, 0.2) is 60.3 Å². The van der Waals surface area contributed by atoms with Crippen LogP contribution in [0.3, 0.4) is 0 Å². The fourth-order valence-corrected chi connectivity index (χ4v) is 23.4. The predicted octanol–water partition coefficient (Wildman–Crippen LogP) is -3.75. The molecule has 0 unspecified atom stereocenters. The van der Waals surface area contributed by atoms with E-state index in [1.807, 2.05) is 0 Å². The molecule has 0 bridgehead atoms. The zero-order chi connectivity index (χ0) is 101. The molecule has 0 spiro atoms. The third-order valence-electron chi connectivity index (χ3n) is 32.4. The van der Waals surface area contributed by atoms with Crippen LogP contribution in [-0.4, -0.2) is 421 Å². The lowest BCUT2D eigenvalue weighted by Crippen LogP contribution is -2.69. The lowest BCUT2D eigenvalue weighted by atomic mass is 9.33. The van der Waals surface area contributed by atoms with Crippen LogP contribution in [-0.2, 0) is 99.6 Å². The lowest BCUT2D eigenvalue weighted by molar-refractivity contribution is -0.381. The zero-order valence-corrected chi connectivity index (χ0v) is 79.5. The third-order valence-corrected chi connectivity index (χ3v) is 32.4. The van der Waals surface area contributed by atoms with Crippen LogP contribution >= 0.6 is 0 Å². The van der Waals surface area contributed by atoms with Gasteiger partial charge in [0.2, 0.25) is 6.29 Å². The van der Waals surface area contributed by atoms with Crippen molar-refractivity contribution in [1.82, 2.24) is 0 Å². The lowest BCUT2D eigenvalue weighted by Gasteiger charge is -2.71. The summed E-state index contributed by atoms with van der Waals surface area (Å²) in [4.78, 5) is 45.0. The van der Waals surface area contributed by atoms with Gasteiger partial charge in [-0.25, -0.2) is 9.59 Å². The number of esters is 3. The number of fused-ring (bicyclic) bond motifs is 7. The van der Waals surface area contributed by atoms with Crippen molar-refractivity contribution < 1.29 is 212 Å². The van der Waals surface area contributed by atoms with E-state index in [1.54, 1.807) is 0 Å². The van der Waals surface area contributed by atoms with E-state index in [0.717, 1.165) is 5.57 Å². The Bertz CT molecular complexity index is 4190. The fraction of sp³-hybridized carbons (Fsp3) is 0.862. The maximum atomic E-state index is 16.6. The van der Waals surface area contributed by atoms with Gasteiger partial charge in [-0.2, -0.15) is 0 Å². The molecule has 13 aliphatic rings. The van der Waals surface area contributed by atoms with Crippen molar-refractivity contribution in [2.24, 2.45) is 50.2 Å². The highest BCUT2D eigenvalue weighted by molar-refractivity contribution is 5.89. The first-order valence-corrected chi connectivity index (χ1v) is 47.7. The van der Waals surface area contributed by atoms with Gasteiger partial charge in [-0.1, -0.05) is 84.4 Å². The van der Waals surface area contributed by atoms with E-state index in [0.29, 0.717) is 44.9 Å². The first kappa shape index (κ1) is 110. The number of carbonyl (C=O) groups is 3. The molecule has 12 fully saturated rings. The SMILES string of the molecule is C=C[C@@](C)(O)CC/C=C(\C)C(=O)O[C@H]1[C@H](OC[C@H]2O[C@@H](OC(=O)[C@]34CCC(C)(C)C[C@@H]3C3=CC[C@@H]5[C@@]6(C)CC[C@H](O[C@@H]7O[C@H](CO[C@@H]8OC[C@H](O)[C@H](O)[C@H]8O[C@@H]8OC[C@@H](O)[C@H](O)[C@H]8O)[C@@H](O)[C@H](O)[C@H]7O)C(C)(C)[C@@H]6CC[C@@]5(C)[C@]3(C)C[C@H]4O)[C@H](O[C@@H]3O[C@@H](C)[C@H](O[C@@H]4OC[C@@H](O)[C@H](O[C@@H]5OC[C@@H](O)[C@H](O)[C@H]5O)[C@H]4O)[C@@H](O)[C@H]3O)[C@@H](O)[C@@H]2O)O[C@@H](C)[C@H](O)[C@H]1OC(=O)/C(=C/CC[C@](C)(O)C=C)CO. The van der Waals surface area contributed by atoms with Crippen molar-refractivity contribution in [3.8, 4) is 0 Å². The molecule has 0 aromatic heterocycles. The highest BCUT2D eigenvalue weighted by atomic mass is 16.8. The van der Waals surface area contributed by atoms with Crippen molar-refractivity contribution in [1.29, 1.82) is 0 Å². The summed E-state index contributed by atoms with van der Waals surface area (Å²) in [6.45, 7) is 24.9. The molecule has 22 N–H and O–H groups in total. The van der Waals surface area contributed by atoms with Gasteiger partial charge in [-0.15, -0.1) is 13.2 Å². The standard InChI is InChI=1S/C94H148O43/c1-15-89(10,118)25-17-19-40(3)76(115)132-75-72(131-77(116)43(33-95)20-18-26-90(11,119)16-2)56(101)41(4)126-84(75)125-39-51-61(106)63(108)74(136-81-68(113)64(109)70(42(5)127-81)133-80-69(114)71(49(99)37-122-80)134-78-65(110)57(102)46(96)34-120-78)85(129-51)137-86(117)94-30-29-87(6,7)31-45(94)44-21-22-53-91(12)27-24-55(88(8,9)52(91)23-28-92(53,13)93(44,14)32-54(94)100)130-82-67(112)62(107)60(105)50(128-82)38-124-83-73(59(104)48(98)36-123-83)135-79-66(111)58(103)47(97)35-121-79/h15-16,19-21,41-42,45-75,78-85,95-114,118-119H,1-2,17-18,22-39H2,3-14H3/b40-19+,43-20+/t41-,42-,45+,46+,47+,48-,49+,50+,51+,52-,53+,54+,55-,56-,57-,58-,59-,60+,61+,62-,63-,64-,65+,66+,67+,68+,69+,70-,71-,72+,73+,74+,75+,78-,79-,80-,81-,82-,83-,84+,85-,89+,90+,91-,92+,93+,94+/m0/s1. The van der Waals surface area contributed by atoms with E-state index >= 15 is 4.79 Å². The van der Waals surface area contributed by atoms with Gasteiger partial charge >= 0.3 is 17.9 Å². The highest BCUT2D eigenvalue weighted by Crippen LogP contribution is 2.76. The average Bonchev–Trinajstić information content (AvgIpc) is 0.668. The Morgan fingerprint density at radius 2 is 0.949 bits per heavy atom. The van der Waals surface area contributed by atoms with Gasteiger partial charge in [0.15, 0.2) is 62.3 Å². The smallest absolute Gasteiger partial charge is 0.336 e. The van der Waals surface area contributed by atoms with Crippen molar-refractivity contribution in [3.63, 3.8) is 0 Å². The molecular formula is C94H148O43. The van der Waals surface area contributed by atoms with Gasteiger partial charge in [0.1, 0.15) is 146 Å². The number of rotatable bonds is 31. The predicted molar refractivity (Wildman–Crippen MR) is 465 cm³/mol. The average molecular weight is 1970 g/mol. The monoisotopic (exact) mass is 1960 g/mol. The van der Waals surface area contributed by atoms with Crippen molar-refractivity contribution in [2.75, 3.05) is 46.2 Å². The number of ether oxygens (including phenoxy) is 18. The van der Waals surface area contributed by atoms with Crippen LogP contribution in [0.1, 0.15) is 167 Å². The van der Waals surface area contributed by atoms with Gasteiger partial charge in [-0.05, 0) is 163 Å². The summed E-state index contributed by atoms with van der Waals surface area (Å²) in [6, 6.07) is 0. The molecular weight excluding hydrogens is 1820 g/mol. The maximum absolute atomic E-state index is 16.6. The minimum atomic E-state index is -2.28. The summed E-state index contributed by atoms with van der Waals surface area (Å²) in [5.41, 5.74) is -7.14. The van der Waals surface area contributed by atoms with E-state index in [4.69, 9.17) is 85.3 Å². The number of allylic oxidation sites excluding steroid dienone is 4. The van der Waals surface area contributed by atoms with Crippen LogP contribution < -0.4 is 0 Å². The second-order valence-corrected chi connectivity index (χ2v) is 42.6. The summed E-state index contributed by atoms with van der Waals surface area (Å²) >= 11 is 0. The summed E-state index contributed by atoms with van der Waals surface area (Å²) in [6.07, 6.45) is -54.9. The minimum Gasteiger partial charge on any atom is -0.452 e. The maximum Gasteiger partial charge on any atom is 0.336 e. The number of hydrogen-bond donors (Lipinski definition) is 22. The second kappa shape index (κ2) is 43.3. The molecule has 0 amide bonds. The number of carbonyl (C=O) groups excluding carboxylic acids is 3. The van der Waals surface area contributed by atoms with Crippen molar-refractivity contribution in [2.45, 2.75) is 411 Å². The van der Waals surface area contributed by atoms with Gasteiger partial charge in [0.05, 0.1) is 87.4 Å². The Morgan fingerprint density at radius 1 is 0.460 bits per heavy atom. The van der Waals surface area contributed by atoms with E-state index < -0.39 is 347 Å². The summed E-state index contributed by atoms with van der Waals surface area (Å²) in [5.74, 6) is -4.27. The van der Waals surface area contributed by atoms with Crippen LogP contribution in [0.4, 0.5) is 0 Å². The van der Waals surface area contributed by atoms with Gasteiger partial charge in [-0.3, -0.25) is 4.79 Å². The first-order chi connectivity index (χ1) is 64.1. The first-order valence-electron chi connectivity index (χ1n) is 47.7. The van der Waals surface area contributed by atoms with Gasteiger partial charge < -0.3 is 198 Å². The molecule has 13 rings (SSSR count). The summed E-state index contributed by atoms with van der Waals surface area (Å²) in [7, 11) is 0. The number of hydrogen-bond acceptors (Lipinski definition) is 43. The molecule has 43 heteroatoms. The van der Waals surface area contributed by atoms with E-state index in [9.17, 15) is 122 Å². The molecule has 0 aromatic rings. The quantitative estimate of drug-likeness (QED) is 0.0104. The fourth-order valence-electron chi connectivity index (χ4n) is 23.4. The molecule has 5 aliphatic carbocycles. The van der Waals surface area contributed by atoms with E-state index in [2.05, 4.69) is 67.7 Å². The Balaban J connectivity index is 0.767. The van der Waals surface area contributed by atoms with Gasteiger partial charge in [0, 0.05) is 5.57 Å². The van der Waals surface area contributed by atoms with Crippen LogP contribution in [0.5, 0.6) is 0 Å². The molecule has 8 saturated heterocycles. The van der Waals surface area contributed by atoms with Crippen LogP contribution in [0.2, 0.25) is 0 Å². The minimum absolute atomic E-state index is 0.00851. The van der Waals surface area contributed by atoms with Crippen LogP contribution in [0, 0.1) is 50.2 Å². The molecule has 137 heavy (non-hydrogen) atoms. The molecule has 782 valence electrons. The van der Waals surface area contributed by atoms with Crippen molar-refractivity contribution in [3.05, 3.63) is 60.3 Å². The van der Waals surface area contributed by atoms with Crippen LogP contribution in [0.25, 0.3) is 0 Å². The molecule has 43 nitrogen and oxygen atoms in total. The second-order valence-electron chi connectivity index (χ2n) is 42.6. The molecule has 47 atom stereocenters. The Labute approximate surface area is 794 Å². The molecule has 4 saturated carbocycles. The summed E-state index contributed by atoms with van der Waals surface area (Å²) in [5, 5.41) is 248. The molecule has 0 radical (unpaired) electrons. The van der Waals surface area contributed by atoms with E-state index in [-0.39, 0.29) is 61.5 Å². The largest absolute Gasteiger partial charge is 0.452 e. The van der Waals surface area contributed by atoms with E-state index in [1.165, 1.54) is 58.9 Å². The number of aliphatic hydroxyl groups is 22. The molecule has 0 aromatic carbocycles. The topological polar surface area (TPSA) is 662 Å².